The number of carbonyl (C=O) groups is 1. The highest BCUT2D eigenvalue weighted by atomic mass is 79.9. The third-order valence-electron chi connectivity index (χ3n) is 2.34. The minimum Gasteiger partial charge on any atom is -0.322 e. The van der Waals surface area contributed by atoms with Crippen molar-refractivity contribution in [2.75, 3.05) is 5.32 Å². The van der Waals surface area contributed by atoms with Crippen LogP contribution in [0.1, 0.15) is 26.3 Å². The van der Waals surface area contributed by atoms with Crippen molar-refractivity contribution in [2.24, 2.45) is 0 Å². The quantitative estimate of drug-likeness (QED) is 0.529. The van der Waals surface area contributed by atoms with Gasteiger partial charge in [-0.2, -0.15) is 0 Å². The van der Waals surface area contributed by atoms with Gasteiger partial charge in [-0.15, -0.1) is 0 Å². The molecule has 1 aromatic carbocycles. The Labute approximate surface area is 107 Å². The van der Waals surface area contributed by atoms with Crippen molar-refractivity contribution in [1.82, 2.24) is 0 Å². The minimum absolute atomic E-state index is 0.114. The summed E-state index contributed by atoms with van der Waals surface area (Å²) in [4.78, 5) is 20.9. The third-order valence-corrected chi connectivity index (χ3v) is 2.96. The number of nitro groups is 1. The average molecular weight is 301 g/mol. The van der Waals surface area contributed by atoms with Crippen molar-refractivity contribution >= 4 is 33.7 Å². The van der Waals surface area contributed by atoms with Crippen LogP contribution in [0.5, 0.6) is 0 Å². The van der Waals surface area contributed by atoms with Crippen molar-refractivity contribution in [1.29, 1.82) is 0 Å². The SMILES string of the molecule is CC(C)(C)c1cc(Br)c(NC=O)c([N+](=O)[O-])c1. The van der Waals surface area contributed by atoms with E-state index in [0.717, 1.165) is 5.56 Å². The predicted molar refractivity (Wildman–Crippen MR) is 69.2 cm³/mol. The fraction of sp³-hybridized carbons (Fsp3) is 0.364. The van der Waals surface area contributed by atoms with Gasteiger partial charge in [0, 0.05) is 10.5 Å². The van der Waals surface area contributed by atoms with E-state index in [4.69, 9.17) is 0 Å². The Morgan fingerprint density at radius 3 is 2.41 bits per heavy atom. The van der Waals surface area contributed by atoms with E-state index in [9.17, 15) is 14.9 Å². The van der Waals surface area contributed by atoms with E-state index in [2.05, 4.69) is 21.2 Å². The fourth-order valence-corrected chi connectivity index (χ4v) is 1.94. The van der Waals surface area contributed by atoms with Gasteiger partial charge in [-0.1, -0.05) is 20.8 Å². The summed E-state index contributed by atoms with van der Waals surface area (Å²) in [6, 6.07) is 3.26. The van der Waals surface area contributed by atoms with E-state index in [1.165, 1.54) is 6.07 Å². The number of amides is 1. The van der Waals surface area contributed by atoms with Crippen LogP contribution in [-0.2, 0) is 10.2 Å². The number of rotatable bonds is 3. The molecule has 0 aliphatic heterocycles. The van der Waals surface area contributed by atoms with Gasteiger partial charge in [0.2, 0.25) is 6.41 Å². The van der Waals surface area contributed by atoms with Crippen LogP contribution in [0.25, 0.3) is 0 Å². The first kappa shape index (κ1) is 13.6. The smallest absolute Gasteiger partial charge is 0.294 e. The number of carbonyl (C=O) groups excluding carboxylic acids is 1. The molecule has 0 aliphatic rings. The van der Waals surface area contributed by atoms with Gasteiger partial charge in [-0.3, -0.25) is 14.9 Å². The lowest BCUT2D eigenvalue weighted by Crippen LogP contribution is -2.12. The van der Waals surface area contributed by atoms with Gasteiger partial charge in [0.1, 0.15) is 5.69 Å². The molecule has 0 aromatic heterocycles. The minimum atomic E-state index is -0.508. The van der Waals surface area contributed by atoms with Crippen LogP contribution >= 0.6 is 15.9 Å². The van der Waals surface area contributed by atoms with Gasteiger partial charge in [0.25, 0.3) is 5.69 Å². The zero-order chi connectivity index (χ0) is 13.2. The maximum absolute atomic E-state index is 11.0. The number of nitrogens with one attached hydrogen (secondary N) is 1. The van der Waals surface area contributed by atoms with Crippen molar-refractivity contribution in [3.63, 3.8) is 0 Å². The highest BCUT2D eigenvalue weighted by Gasteiger charge is 2.23. The van der Waals surface area contributed by atoms with E-state index >= 15 is 0 Å². The molecule has 0 bridgehead atoms. The second-order valence-corrected chi connectivity index (χ2v) is 5.48. The Kier molecular flexibility index (Phi) is 3.87. The second-order valence-electron chi connectivity index (χ2n) is 4.62. The zero-order valence-electron chi connectivity index (χ0n) is 9.78. The highest BCUT2D eigenvalue weighted by molar-refractivity contribution is 9.10. The Balaban J connectivity index is 3.46. The van der Waals surface area contributed by atoms with Gasteiger partial charge in [0.05, 0.1) is 4.92 Å². The van der Waals surface area contributed by atoms with Crippen molar-refractivity contribution in [3.05, 3.63) is 32.3 Å². The molecule has 0 spiro atoms. The van der Waals surface area contributed by atoms with Gasteiger partial charge < -0.3 is 5.32 Å². The van der Waals surface area contributed by atoms with Gasteiger partial charge in [-0.25, -0.2) is 0 Å². The summed E-state index contributed by atoms with van der Waals surface area (Å²) in [5, 5.41) is 13.3. The number of anilines is 1. The Morgan fingerprint density at radius 1 is 1.41 bits per heavy atom. The van der Waals surface area contributed by atoms with Crippen molar-refractivity contribution in [2.45, 2.75) is 26.2 Å². The number of benzene rings is 1. The molecular formula is C11H13BrN2O3. The summed E-state index contributed by atoms with van der Waals surface area (Å²) in [5.41, 5.74) is 0.689. The molecule has 0 heterocycles. The first-order valence-corrected chi connectivity index (χ1v) is 5.75. The Bertz CT molecular complexity index is 467. The molecule has 0 fully saturated rings. The molecule has 0 unspecified atom stereocenters. The van der Waals surface area contributed by atoms with Crippen LogP contribution < -0.4 is 5.32 Å². The lowest BCUT2D eigenvalue weighted by Gasteiger charge is -2.20. The van der Waals surface area contributed by atoms with Crippen molar-refractivity contribution < 1.29 is 9.72 Å². The summed E-state index contributed by atoms with van der Waals surface area (Å²) in [5.74, 6) is 0. The predicted octanol–water partition coefficient (Wildman–Crippen LogP) is 3.22. The van der Waals surface area contributed by atoms with Gasteiger partial charge in [-0.05, 0) is 33.0 Å². The van der Waals surface area contributed by atoms with Crippen LogP contribution in [0.3, 0.4) is 0 Å². The van der Waals surface area contributed by atoms with Crippen LogP contribution in [0.2, 0.25) is 0 Å². The first-order chi connectivity index (χ1) is 7.77. The van der Waals surface area contributed by atoms with Crippen LogP contribution in [0.15, 0.2) is 16.6 Å². The van der Waals surface area contributed by atoms with E-state index < -0.39 is 4.92 Å². The molecule has 1 rings (SSSR count). The standard InChI is InChI=1S/C11H13BrN2O3/c1-11(2,3)7-4-8(12)10(13-6-15)9(5-7)14(16)17/h4-6H,1-3H3,(H,13,15). The second kappa shape index (κ2) is 4.83. The molecule has 0 aliphatic carbocycles. The molecule has 17 heavy (non-hydrogen) atoms. The summed E-state index contributed by atoms with van der Waals surface area (Å²) in [7, 11) is 0. The first-order valence-electron chi connectivity index (χ1n) is 4.96. The van der Waals surface area contributed by atoms with E-state index in [0.29, 0.717) is 10.9 Å². The highest BCUT2D eigenvalue weighted by Crippen LogP contribution is 2.37. The number of hydrogen-bond acceptors (Lipinski definition) is 3. The number of hydrogen-bond donors (Lipinski definition) is 1. The molecule has 0 saturated carbocycles. The normalized spacial score (nSPS) is 11.1. The molecule has 6 heteroatoms. The van der Waals surface area contributed by atoms with E-state index in [1.807, 2.05) is 20.8 Å². The van der Waals surface area contributed by atoms with E-state index in [-0.39, 0.29) is 16.8 Å². The molecule has 92 valence electrons. The molecule has 0 radical (unpaired) electrons. The Morgan fingerprint density at radius 2 is 2.00 bits per heavy atom. The largest absolute Gasteiger partial charge is 0.322 e. The molecule has 0 atom stereocenters. The number of nitrogens with zero attached hydrogens (tertiary/aromatic N) is 1. The number of nitro benzene ring substituents is 1. The summed E-state index contributed by atoms with van der Waals surface area (Å²) >= 11 is 3.23. The van der Waals surface area contributed by atoms with Crippen LogP contribution in [0, 0.1) is 10.1 Å². The fourth-order valence-electron chi connectivity index (χ4n) is 1.37. The molecule has 1 aromatic rings. The maximum Gasteiger partial charge on any atom is 0.294 e. The number of halogens is 1. The van der Waals surface area contributed by atoms with Gasteiger partial charge in [0.15, 0.2) is 0 Å². The van der Waals surface area contributed by atoms with E-state index in [1.54, 1.807) is 6.07 Å². The topological polar surface area (TPSA) is 72.2 Å². The molecule has 5 nitrogen and oxygen atoms in total. The van der Waals surface area contributed by atoms with Crippen molar-refractivity contribution in [3.8, 4) is 0 Å². The molecule has 1 amide bonds. The molecular weight excluding hydrogens is 288 g/mol. The molecule has 1 N–H and O–H groups in total. The lowest BCUT2D eigenvalue weighted by molar-refractivity contribution is -0.384. The molecule has 0 saturated heterocycles. The maximum atomic E-state index is 11.0. The van der Waals surface area contributed by atoms with Gasteiger partial charge >= 0.3 is 0 Å². The van der Waals surface area contributed by atoms with Crippen LogP contribution in [0.4, 0.5) is 11.4 Å². The summed E-state index contributed by atoms with van der Waals surface area (Å²) in [6.45, 7) is 5.89. The zero-order valence-corrected chi connectivity index (χ0v) is 11.4. The monoisotopic (exact) mass is 300 g/mol. The lowest BCUT2D eigenvalue weighted by atomic mass is 9.86. The summed E-state index contributed by atoms with van der Waals surface area (Å²) in [6.07, 6.45) is 0.420. The Hall–Kier alpha value is -1.43. The van der Waals surface area contributed by atoms with Crippen LogP contribution in [-0.4, -0.2) is 11.3 Å². The third kappa shape index (κ3) is 3.03. The average Bonchev–Trinajstić information content (AvgIpc) is 2.18. The summed E-state index contributed by atoms with van der Waals surface area (Å²) < 4.78 is 0.503.